The zero-order chi connectivity index (χ0) is 10.7. The Labute approximate surface area is 90.6 Å². The average molecular weight is 209 g/mol. The zero-order valence-corrected chi connectivity index (χ0v) is 9.44. The normalized spacial score (nSPS) is 21.9. The summed E-state index contributed by atoms with van der Waals surface area (Å²) in [6.45, 7) is 6.29. The Kier molecular flexibility index (Phi) is 3.26. The highest BCUT2D eigenvalue weighted by molar-refractivity contribution is 5.12. The van der Waals surface area contributed by atoms with Crippen molar-refractivity contribution in [3.8, 4) is 5.75 Å². The summed E-state index contributed by atoms with van der Waals surface area (Å²) in [5.41, 5.74) is 0. The molecule has 1 fully saturated rings. The molecule has 15 heavy (non-hydrogen) atoms. The van der Waals surface area contributed by atoms with Crippen LogP contribution in [0.5, 0.6) is 5.75 Å². The number of nitrogens with one attached hydrogen (secondary N) is 1. The van der Waals surface area contributed by atoms with Crippen molar-refractivity contribution in [3.63, 3.8) is 0 Å². The van der Waals surface area contributed by atoms with E-state index >= 15 is 0 Å². The zero-order valence-electron chi connectivity index (χ0n) is 9.44. The molecule has 1 aliphatic heterocycles. The number of rotatable bonds is 3. The quantitative estimate of drug-likeness (QED) is 0.821. The van der Waals surface area contributed by atoms with E-state index in [0.29, 0.717) is 12.1 Å². The second kappa shape index (κ2) is 4.66. The molecule has 0 spiro atoms. The van der Waals surface area contributed by atoms with Crippen LogP contribution in [0.4, 0.5) is 0 Å². The molecule has 0 amide bonds. The number of nitrogens with zero attached hydrogens (tertiary/aromatic N) is 2. The third-order valence-corrected chi connectivity index (χ3v) is 2.66. The summed E-state index contributed by atoms with van der Waals surface area (Å²) >= 11 is 0. The van der Waals surface area contributed by atoms with Gasteiger partial charge < -0.3 is 10.1 Å². The van der Waals surface area contributed by atoms with Crippen LogP contribution in [0.3, 0.4) is 0 Å². The molecule has 0 bridgehead atoms. The van der Waals surface area contributed by atoms with Crippen LogP contribution in [-0.4, -0.2) is 29.0 Å². The molecule has 1 aromatic heterocycles. The van der Waals surface area contributed by atoms with Crippen LogP contribution in [0.15, 0.2) is 12.4 Å². The molecular weight excluding hydrogens is 190 g/mol. The SMILES string of the molecule is CC(C)n1cc(OC2CCCNC2)cn1. The Morgan fingerprint density at radius 1 is 1.60 bits per heavy atom. The topological polar surface area (TPSA) is 39.1 Å². The molecule has 84 valence electrons. The maximum absolute atomic E-state index is 5.84. The Morgan fingerprint density at radius 2 is 2.47 bits per heavy atom. The van der Waals surface area contributed by atoms with E-state index in [2.05, 4.69) is 24.3 Å². The fraction of sp³-hybridized carbons (Fsp3) is 0.727. The molecule has 1 saturated heterocycles. The molecule has 2 heterocycles. The van der Waals surface area contributed by atoms with Crippen LogP contribution in [-0.2, 0) is 0 Å². The van der Waals surface area contributed by atoms with Gasteiger partial charge in [0.1, 0.15) is 6.10 Å². The lowest BCUT2D eigenvalue weighted by Gasteiger charge is -2.22. The first-order valence-corrected chi connectivity index (χ1v) is 5.67. The molecule has 1 unspecified atom stereocenters. The maximum atomic E-state index is 5.84. The van der Waals surface area contributed by atoms with Crippen molar-refractivity contribution in [3.05, 3.63) is 12.4 Å². The number of ether oxygens (including phenoxy) is 1. The number of hydrogen-bond acceptors (Lipinski definition) is 3. The molecule has 0 saturated carbocycles. The van der Waals surface area contributed by atoms with Gasteiger partial charge in [0.15, 0.2) is 5.75 Å². The van der Waals surface area contributed by atoms with E-state index in [0.717, 1.165) is 25.3 Å². The molecule has 1 N–H and O–H groups in total. The highest BCUT2D eigenvalue weighted by Gasteiger charge is 2.15. The highest BCUT2D eigenvalue weighted by atomic mass is 16.5. The first kappa shape index (κ1) is 10.5. The fourth-order valence-corrected chi connectivity index (χ4v) is 1.78. The third kappa shape index (κ3) is 2.72. The van der Waals surface area contributed by atoms with Crippen molar-refractivity contribution in [2.24, 2.45) is 0 Å². The van der Waals surface area contributed by atoms with E-state index in [1.165, 1.54) is 6.42 Å². The first-order chi connectivity index (χ1) is 7.25. The smallest absolute Gasteiger partial charge is 0.157 e. The van der Waals surface area contributed by atoms with Gasteiger partial charge in [-0.3, -0.25) is 4.68 Å². The second-order valence-electron chi connectivity index (χ2n) is 4.34. The van der Waals surface area contributed by atoms with Gasteiger partial charge in [0, 0.05) is 12.6 Å². The van der Waals surface area contributed by atoms with Crippen LogP contribution in [0.2, 0.25) is 0 Å². The predicted molar refractivity (Wildman–Crippen MR) is 59.1 cm³/mol. The van der Waals surface area contributed by atoms with Crippen molar-refractivity contribution in [2.45, 2.75) is 38.8 Å². The Hall–Kier alpha value is -1.03. The summed E-state index contributed by atoms with van der Waals surface area (Å²) < 4.78 is 7.76. The Bertz CT molecular complexity index is 303. The van der Waals surface area contributed by atoms with E-state index < -0.39 is 0 Å². The summed E-state index contributed by atoms with van der Waals surface area (Å²) in [4.78, 5) is 0. The van der Waals surface area contributed by atoms with Gasteiger partial charge in [-0.2, -0.15) is 5.10 Å². The van der Waals surface area contributed by atoms with Gasteiger partial charge in [-0.15, -0.1) is 0 Å². The van der Waals surface area contributed by atoms with Crippen LogP contribution in [0.25, 0.3) is 0 Å². The van der Waals surface area contributed by atoms with Gasteiger partial charge in [0.05, 0.1) is 12.4 Å². The molecule has 0 aliphatic carbocycles. The maximum Gasteiger partial charge on any atom is 0.157 e. The fourth-order valence-electron chi connectivity index (χ4n) is 1.78. The average Bonchev–Trinajstić information content (AvgIpc) is 2.68. The van der Waals surface area contributed by atoms with E-state index in [4.69, 9.17) is 4.74 Å². The van der Waals surface area contributed by atoms with E-state index in [-0.39, 0.29) is 0 Å². The molecule has 2 rings (SSSR count). The van der Waals surface area contributed by atoms with Crippen molar-refractivity contribution in [1.29, 1.82) is 0 Å². The van der Waals surface area contributed by atoms with Crippen molar-refractivity contribution >= 4 is 0 Å². The molecule has 4 heteroatoms. The van der Waals surface area contributed by atoms with Crippen LogP contribution in [0.1, 0.15) is 32.7 Å². The van der Waals surface area contributed by atoms with Crippen molar-refractivity contribution in [2.75, 3.05) is 13.1 Å². The molecule has 0 radical (unpaired) electrons. The predicted octanol–water partition coefficient (Wildman–Crippen LogP) is 1.59. The monoisotopic (exact) mass is 209 g/mol. The van der Waals surface area contributed by atoms with E-state index in [1.54, 1.807) is 6.20 Å². The second-order valence-corrected chi connectivity index (χ2v) is 4.34. The van der Waals surface area contributed by atoms with Gasteiger partial charge >= 0.3 is 0 Å². The van der Waals surface area contributed by atoms with Gasteiger partial charge in [0.25, 0.3) is 0 Å². The molecule has 4 nitrogen and oxygen atoms in total. The molecule has 1 aromatic rings. The molecular formula is C11H19N3O. The standard InChI is InChI=1S/C11H19N3O/c1-9(2)14-8-11(7-13-14)15-10-4-3-5-12-6-10/h7-10,12H,3-6H2,1-2H3. The summed E-state index contributed by atoms with van der Waals surface area (Å²) in [7, 11) is 0. The van der Waals surface area contributed by atoms with Gasteiger partial charge in [0.2, 0.25) is 0 Å². The number of aromatic nitrogens is 2. The summed E-state index contributed by atoms with van der Waals surface area (Å²) in [5.74, 6) is 0.886. The summed E-state index contributed by atoms with van der Waals surface area (Å²) in [6.07, 6.45) is 6.42. The van der Waals surface area contributed by atoms with Crippen molar-refractivity contribution in [1.82, 2.24) is 15.1 Å². The lowest BCUT2D eigenvalue weighted by atomic mass is 10.1. The lowest BCUT2D eigenvalue weighted by Crippen LogP contribution is -2.37. The summed E-state index contributed by atoms with van der Waals surface area (Å²) in [5, 5.41) is 7.58. The van der Waals surface area contributed by atoms with Crippen LogP contribution >= 0.6 is 0 Å². The highest BCUT2D eigenvalue weighted by Crippen LogP contribution is 2.16. The minimum Gasteiger partial charge on any atom is -0.486 e. The van der Waals surface area contributed by atoms with E-state index in [1.807, 2.05) is 10.9 Å². The lowest BCUT2D eigenvalue weighted by molar-refractivity contribution is 0.167. The third-order valence-electron chi connectivity index (χ3n) is 2.66. The van der Waals surface area contributed by atoms with Gasteiger partial charge in [-0.05, 0) is 33.2 Å². The number of hydrogen-bond donors (Lipinski definition) is 1. The van der Waals surface area contributed by atoms with Gasteiger partial charge in [-0.25, -0.2) is 0 Å². The molecule has 1 atom stereocenters. The minimum atomic E-state index is 0.309. The van der Waals surface area contributed by atoms with Crippen LogP contribution in [0, 0.1) is 0 Å². The number of piperidine rings is 1. The minimum absolute atomic E-state index is 0.309. The largest absolute Gasteiger partial charge is 0.486 e. The van der Waals surface area contributed by atoms with Gasteiger partial charge in [-0.1, -0.05) is 0 Å². The Morgan fingerprint density at radius 3 is 3.07 bits per heavy atom. The summed E-state index contributed by atoms with van der Waals surface area (Å²) in [6, 6.07) is 0.395. The van der Waals surface area contributed by atoms with E-state index in [9.17, 15) is 0 Å². The van der Waals surface area contributed by atoms with Crippen LogP contribution < -0.4 is 10.1 Å². The molecule has 0 aromatic carbocycles. The molecule has 1 aliphatic rings. The first-order valence-electron chi connectivity index (χ1n) is 5.67. The Balaban J connectivity index is 1.91. The van der Waals surface area contributed by atoms with Crippen molar-refractivity contribution < 1.29 is 4.74 Å².